The van der Waals surface area contributed by atoms with Crippen molar-refractivity contribution in [2.45, 2.75) is 6.54 Å². The van der Waals surface area contributed by atoms with Gasteiger partial charge in [-0.15, -0.1) is 0 Å². The number of nitrogens with two attached hydrogens (primary N) is 1. The van der Waals surface area contributed by atoms with Crippen LogP contribution in [0.1, 0.15) is 15.9 Å². The highest BCUT2D eigenvalue weighted by Crippen LogP contribution is 2.41. The van der Waals surface area contributed by atoms with Gasteiger partial charge in [0.25, 0.3) is 0 Å². The van der Waals surface area contributed by atoms with Crippen molar-refractivity contribution in [3.63, 3.8) is 0 Å². The fourth-order valence-electron chi connectivity index (χ4n) is 5.15. The standard InChI is InChI=1S/C32H23ClN2O2/c33-24-15-13-20(14-16-24)23-17-28-31(29(36)18-23)30-26(32(34)37)11-6-12-27(30)35(28)19-22-9-4-5-10-25(22)21-7-2-1-3-8-21/h1-18,36H,19H2,(H2,34,37). The number of amides is 1. The van der Waals surface area contributed by atoms with Crippen molar-refractivity contribution in [1.29, 1.82) is 0 Å². The first-order valence-corrected chi connectivity index (χ1v) is 12.4. The average molecular weight is 503 g/mol. The summed E-state index contributed by atoms with van der Waals surface area (Å²) in [6.45, 7) is 0.538. The van der Waals surface area contributed by atoms with E-state index in [0.29, 0.717) is 27.9 Å². The molecule has 0 atom stereocenters. The number of aromatic hydroxyl groups is 1. The van der Waals surface area contributed by atoms with E-state index in [-0.39, 0.29) is 5.75 Å². The second kappa shape index (κ2) is 9.16. The smallest absolute Gasteiger partial charge is 0.249 e. The van der Waals surface area contributed by atoms with Gasteiger partial charge >= 0.3 is 0 Å². The molecule has 0 aliphatic rings. The van der Waals surface area contributed by atoms with Crippen LogP contribution in [0.25, 0.3) is 44.1 Å². The fraction of sp³-hybridized carbons (Fsp3) is 0.0312. The Balaban J connectivity index is 1.64. The monoisotopic (exact) mass is 502 g/mol. The van der Waals surface area contributed by atoms with Gasteiger partial charge < -0.3 is 15.4 Å². The van der Waals surface area contributed by atoms with Gasteiger partial charge in [-0.2, -0.15) is 0 Å². The molecule has 1 heterocycles. The number of carbonyl (C=O) groups is 1. The maximum atomic E-state index is 12.4. The van der Waals surface area contributed by atoms with Gasteiger partial charge in [0.15, 0.2) is 0 Å². The van der Waals surface area contributed by atoms with Gasteiger partial charge in [0.1, 0.15) is 5.75 Å². The minimum Gasteiger partial charge on any atom is -0.507 e. The van der Waals surface area contributed by atoms with Gasteiger partial charge in [-0.1, -0.05) is 84.4 Å². The minimum atomic E-state index is -0.532. The van der Waals surface area contributed by atoms with Gasteiger partial charge in [0.05, 0.1) is 16.4 Å². The van der Waals surface area contributed by atoms with E-state index >= 15 is 0 Å². The summed E-state index contributed by atoms with van der Waals surface area (Å²) in [5, 5.41) is 13.2. The molecule has 0 aliphatic carbocycles. The molecule has 0 fully saturated rings. The van der Waals surface area contributed by atoms with Crippen LogP contribution < -0.4 is 5.73 Å². The topological polar surface area (TPSA) is 68.2 Å². The van der Waals surface area contributed by atoms with Crippen LogP contribution >= 0.6 is 11.6 Å². The normalized spacial score (nSPS) is 11.3. The quantitative estimate of drug-likeness (QED) is 0.254. The molecule has 1 amide bonds. The van der Waals surface area contributed by atoms with Crippen molar-refractivity contribution in [2.75, 3.05) is 0 Å². The molecule has 0 saturated heterocycles. The highest BCUT2D eigenvalue weighted by Gasteiger charge is 2.21. The first-order chi connectivity index (χ1) is 18.0. The largest absolute Gasteiger partial charge is 0.507 e. The molecule has 0 aliphatic heterocycles. The molecule has 5 heteroatoms. The summed E-state index contributed by atoms with van der Waals surface area (Å²) in [6, 6.07) is 35.3. The molecule has 0 saturated carbocycles. The molecule has 1 aromatic heterocycles. The van der Waals surface area contributed by atoms with E-state index in [2.05, 4.69) is 28.8 Å². The zero-order chi connectivity index (χ0) is 25.5. The third kappa shape index (κ3) is 4.02. The number of phenols is 1. The molecule has 6 aromatic rings. The van der Waals surface area contributed by atoms with E-state index in [1.807, 2.05) is 72.8 Å². The Labute approximate surface area is 219 Å². The second-order valence-electron chi connectivity index (χ2n) is 9.07. The van der Waals surface area contributed by atoms with Crippen molar-refractivity contribution in [3.8, 4) is 28.0 Å². The van der Waals surface area contributed by atoms with Gasteiger partial charge in [-0.05, 0) is 64.2 Å². The molecule has 5 aromatic carbocycles. The molecule has 180 valence electrons. The fourth-order valence-corrected chi connectivity index (χ4v) is 5.28. The molecular weight excluding hydrogens is 480 g/mol. The number of hydrogen-bond donors (Lipinski definition) is 2. The Morgan fingerprint density at radius 2 is 1.46 bits per heavy atom. The summed E-state index contributed by atoms with van der Waals surface area (Å²) in [5.41, 5.74) is 13.0. The maximum absolute atomic E-state index is 12.4. The van der Waals surface area contributed by atoms with Crippen molar-refractivity contribution in [1.82, 2.24) is 4.57 Å². The van der Waals surface area contributed by atoms with E-state index < -0.39 is 5.91 Å². The SMILES string of the molecule is NC(=O)c1cccc2c1c1c(O)cc(-c3ccc(Cl)cc3)cc1n2Cc1ccccc1-c1ccccc1. The van der Waals surface area contributed by atoms with Crippen molar-refractivity contribution >= 4 is 39.3 Å². The molecule has 4 nitrogen and oxygen atoms in total. The Morgan fingerprint density at radius 1 is 0.730 bits per heavy atom. The van der Waals surface area contributed by atoms with Crippen LogP contribution in [-0.4, -0.2) is 15.6 Å². The Hall–Kier alpha value is -4.54. The van der Waals surface area contributed by atoms with E-state index in [4.69, 9.17) is 17.3 Å². The zero-order valence-corrected chi connectivity index (χ0v) is 20.6. The van der Waals surface area contributed by atoms with Crippen LogP contribution in [0.2, 0.25) is 5.02 Å². The molecule has 0 radical (unpaired) electrons. The lowest BCUT2D eigenvalue weighted by atomic mass is 9.99. The van der Waals surface area contributed by atoms with E-state index in [1.165, 1.54) is 0 Å². The Bertz CT molecular complexity index is 1790. The van der Waals surface area contributed by atoms with Crippen LogP contribution in [0, 0.1) is 0 Å². The van der Waals surface area contributed by atoms with Crippen LogP contribution in [0.5, 0.6) is 5.75 Å². The lowest BCUT2D eigenvalue weighted by Crippen LogP contribution is -2.11. The molecule has 0 unspecified atom stereocenters. The number of aromatic nitrogens is 1. The number of phenolic OH excluding ortho intramolecular Hbond substituents is 1. The van der Waals surface area contributed by atoms with Crippen LogP contribution in [0.3, 0.4) is 0 Å². The molecular formula is C32H23ClN2O2. The van der Waals surface area contributed by atoms with E-state index in [1.54, 1.807) is 12.1 Å². The summed E-state index contributed by atoms with van der Waals surface area (Å²) in [4.78, 5) is 12.4. The van der Waals surface area contributed by atoms with Crippen molar-refractivity contribution in [3.05, 3.63) is 125 Å². The lowest BCUT2D eigenvalue weighted by Gasteiger charge is -2.14. The molecule has 0 bridgehead atoms. The Morgan fingerprint density at radius 3 is 2.22 bits per heavy atom. The van der Waals surface area contributed by atoms with Crippen LogP contribution in [0.15, 0.2) is 109 Å². The predicted molar refractivity (Wildman–Crippen MR) is 151 cm³/mol. The number of halogens is 1. The molecule has 3 N–H and O–H groups in total. The number of primary amides is 1. The first-order valence-electron chi connectivity index (χ1n) is 12.0. The predicted octanol–water partition coefficient (Wildman–Crippen LogP) is 7.63. The van der Waals surface area contributed by atoms with Crippen molar-refractivity contribution < 1.29 is 9.90 Å². The third-order valence-electron chi connectivity index (χ3n) is 6.84. The van der Waals surface area contributed by atoms with Crippen LogP contribution in [0.4, 0.5) is 0 Å². The number of benzene rings is 5. The number of nitrogens with zero attached hydrogens (tertiary/aromatic N) is 1. The summed E-state index contributed by atoms with van der Waals surface area (Å²) in [7, 11) is 0. The van der Waals surface area contributed by atoms with E-state index in [0.717, 1.165) is 38.9 Å². The summed E-state index contributed by atoms with van der Waals surface area (Å²) < 4.78 is 2.15. The minimum absolute atomic E-state index is 0.0937. The highest BCUT2D eigenvalue weighted by atomic mass is 35.5. The first kappa shape index (κ1) is 22.9. The maximum Gasteiger partial charge on any atom is 0.249 e. The molecule has 6 rings (SSSR count). The van der Waals surface area contributed by atoms with Gasteiger partial charge in [-0.3, -0.25) is 4.79 Å². The number of rotatable bonds is 5. The van der Waals surface area contributed by atoms with Gasteiger partial charge in [0.2, 0.25) is 5.91 Å². The second-order valence-corrected chi connectivity index (χ2v) is 9.51. The van der Waals surface area contributed by atoms with Gasteiger partial charge in [0, 0.05) is 22.5 Å². The number of fused-ring (bicyclic) bond motifs is 3. The number of hydrogen-bond acceptors (Lipinski definition) is 2. The highest BCUT2D eigenvalue weighted by molar-refractivity contribution is 6.30. The summed E-state index contributed by atoms with van der Waals surface area (Å²) >= 11 is 6.11. The summed E-state index contributed by atoms with van der Waals surface area (Å²) in [6.07, 6.45) is 0. The third-order valence-corrected chi connectivity index (χ3v) is 7.10. The van der Waals surface area contributed by atoms with Crippen molar-refractivity contribution in [2.24, 2.45) is 5.73 Å². The molecule has 0 spiro atoms. The lowest BCUT2D eigenvalue weighted by molar-refractivity contribution is 0.100. The Kier molecular flexibility index (Phi) is 5.67. The zero-order valence-electron chi connectivity index (χ0n) is 19.9. The summed E-state index contributed by atoms with van der Waals surface area (Å²) in [5.74, 6) is -0.438. The molecule has 37 heavy (non-hydrogen) atoms. The van der Waals surface area contributed by atoms with E-state index in [9.17, 15) is 9.90 Å². The average Bonchev–Trinajstić information content (AvgIpc) is 3.23. The number of carbonyl (C=O) groups excluding carboxylic acids is 1. The van der Waals surface area contributed by atoms with Gasteiger partial charge in [-0.25, -0.2) is 0 Å². The van der Waals surface area contributed by atoms with Crippen LogP contribution in [-0.2, 0) is 6.54 Å².